The molecule has 1 fully saturated rings. The van der Waals surface area contributed by atoms with Gasteiger partial charge in [0.25, 0.3) is 0 Å². The molecule has 0 heterocycles. The van der Waals surface area contributed by atoms with Crippen molar-refractivity contribution in [2.45, 2.75) is 50.9 Å². The predicted molar refractivity (Wildman–Crippen MR) is 81.6 cm³/mol. The lowest BCUT2D eigenvalue weighted by Gasteiger charge is -2.28. The number of aliphatic hydroxyl groups excluding tert-OH is 1. The van der Waals surface area contributed by atoms with E-state index in [1.165, 1.54) is 6.07 Å². The molecular formula is C16H22F2N2O3. The molecule has 1 aromatic rings. The number of alkyl halides is 2. The van der Waals surface area contributed by atoms with E-state index in [0.29, 0.717) is 18.4 Å². The lowest BCUT2D eigenvalue weighted by atomic mass is 9.93. The van der Waals surface area contributed by atoms with Gasteiger partial charge in [-0.2, -0.15) is 8.78 Å². The average molecular weight is 328 g/mol. The van der Waals surface area contributed by atoms with E-state index in [2.05, 4.69) is 15.4 Å². The van der Waals surface area contributed by atoms with E-state index >= 15 is 0 Å². The van der Waals surface area contributed by atoms with Gasteiger partial charge < -0.3 is 20.5 Å². The van der Waals surface area contributed by atoms with Crippen LogP contribution in [0.1, 0.15) is 31.2 Å². The number of hydrogen-bond acceptors (Lipinski definition) is 3. The Kier molecular flexibility index (Phi) is 6.58. The molecule has 0 aromatic heterocycles. The SMILES string of the molecule is O=C(NCCc1ccccc1OC(F)F)N[C@@H]1CCCC[C@H]1O. The Bertz CT molecular complexity index is 514. The average Bonchev–Trinajstić information content (AvgIpc) is 2.51. The molecule has 1 aromatic carbocycles. The molecule has 3 N–H and O–H groups in total. The third-order valence-electron chi connectivity index (χ3n) is 3.91. The molecule has 7 heteroatoms. The molecule has 2 rings (SSSR count). The number of urea groups is 1. The fraction of sp³-hybridized carbons (Fsp3) is 0.562. The topological polar surface area (TPSA) is 70.6 Å². The number of carbonyl (C=O) groups is 1. The van der Waals surface area contributed by atoms with Crippen molar-refractivity contribution >= 4 is 6.03 Å². The van der Waals surface area contributed by atoms with Crippen molar-refractivity contribution in [3.05, 3.63) is 29.8 Å². The number of para-hydroxylation sites is 1. The molecule has 2 amide bonds. The van der Waals surface area contributed by atoms with Crippen LogP contribution in [-0.4, -0.2) is 36.4 Å². The van der Waals surface area contributed by atoms with Gasteiger partial charge in [0, 0.05) is 6.54 Å². The summed E-state index contributed by atoms with van der Waals surface area (Å²) in [6.45, 7) is -2.58. The van der Waals surface area contributed by atoms with Crippen molar-refractivity contribution in [2.24, 2.45) is 0 Å². The van der Waals surface area contributed by atoms with Crippen LogP contribution < -0.4 is 15.4 Å². The zero-order valence-corrected chi connectivity index (χ0v) is 12.8. The normalized spacial score (nSPS) is 21.0. The van der Waals surface area contributed by atoms with Crippen molar-refractivity contribution in [1.29, 1.82) is 0 Å². The van der Waals surface area contributed by atoms with Crippen molar-refractivity contribution in [2.75, 3.05) is 6.54 Å². The number of halogens is 2. The summed E-state index contributed by atoms with van der Waals surface area (Å²) in [4.78, 5) is 11.8. The van der Waals surface area contributed by atoms with E-state index in [4.69, 9.17) is 0 Å². The smallest absolute Gasteiger partial charge is 0.387 e. The first-order valence-corrected chi connectivity index (χ1v) is 7.81. The van der Waals surface area contributed by atoms with Gasteiger partial charge in [0.2, 0.25) is 0 Å². The van der Waals surface area contributed by atoms with Gasteiger partial charge in [0.15, 0.2) is 0 Å². The first kappa shape index (κ1) is 17.5. The van der Waals surface area contributed by atoms with Gasteiger partial charge in [-0.25, -0.2) is 4.79 Å². The molecule has 1 aliphatic rings. The molecule has 0 bridgehead atoms. The number of carbonyl (C=O) groups excluding carboxylic acids is 1. The van der Waals surface area contributed by atoms with Gasteiger partial charge in [-0.05, 0) is 30.9 Å². The van der Waals surface area contributed by atoms with E-state index in [0.717, 1.165) is 19.3 Å². The van der Waals surface area contributed by atoms with Crippen LogP contribution in [0.4, 0.5) is 13.6 Å². The van der Waals surface area contributed by atoms with Crippen LogP contribution in [0.2, 0.25) is 0 Å². The number of benzene rings is 1. The Morgan fingerprint density at radius 1 is 1.30 bits per heavy atom. The highest BCUT2D eigenvalue weighted by molar-refractivity contribution is 5.74. The molecule has 23 heavy (non-hydrogen) atoms. The molecule has 0 radical (unpaired) electrons. The zero-order chi connectivity index (χ0) is 16.7. The Morgan fingerprint density at radius 2 is 2.04 bits per heavy atom. The summed E-state index contributed by atoms with van der Waals surface area (Å²) in [5, 5.41) is 15.2. The third kappa shape index (κ3) is 5.67. The number of nitrogens with one attached hydrogen (secondary N) is 2. The number of ether oxygens (including phenoxy) is 1. The van der Waals surface area contributed by atoms with Gasteiger partial charge in [-0.1, -0.05) is 31.0 Å². The highest BCUT2D eigenvalue weighted by atomic mass is 19.3. The summed E-state index contributed by atoms with van der Waals surface area (Å²) in [5.74, 6) is 0.118. The van der Waals surface area contributed by atoms with E-state index in [1.807, 2.05) is 0 Å². The highest BCUT2D eigenvalue weighted by Crippen LogP contribution is 2.20. The Labute approximate surface area is 134 Å². The second kappa shape index (κ2) is 8.67. The van der Waals surface area contributed by atoms with E-state index < -0.39 is 12.7 Å². The largest absolute Gasteiger partial charge is 0.435 e. The van der Waals surface area contributed by atoms with Crippen LogP contribution in [-0.2, 0) is 6.42 Å². The summed E-state index contributed by atoms with van der Waals surface area (Å²) < 4.78 is 29.1. The van der Waals surface area contributed by atoms with Crippen molar-refractivity contribution in [3.8, 4) is 5.75 Å². The van der Waals surface area contributed by atoms with Crippen LogP contribution in [0.15, 0.2) is 24.3 Å². The van der Waals surface area contributed by atoms with Gasteiger partial charge in [-0.3, -0.25) is 0 Å². The quantitative estimate of drug-likeness (QED) is 0.751. The van der Waals surface area contributed by atoms with Crippen LogP contribution in [0.3, 0.4) is 0 Å². The summed E-state index contributed by atoms with van der Waals surface area (Å²) in [5.41, 5.74) is 0.603. The number of rotatable bonds is 6. The Hall–Kier alpha value is -1.89. The summed E-state index contributed by atoms with van der Waals surface area (Å²) in [7, 11) is 0. The zero-order valence-electron chi connectivity index (χ0n) is 12.8. The first-order valence-electron chi connectivity index (χ1n) is 7.81. The number of hydrogen-bond donors (Lipinski definition) is 3. The molecular weight excluding hydrogens is 306 g/mol. The Morgan fingerprint density at radius 3 is 2.78 bits per heavy atom. The number of amides is 2. The molecule has 0 unspecified atom stereocenters. The van der Waals surface area contributed by atoms with Crippen LogP contribution in [0, 0.1) is 0 Å². The van der Waals surface area contributed by atoms with Crippen molar-refractivity contribution < 1.29 is 23.4 Å². The monoisotopic (exact) mass is 328 g/mol. The third-order valence-corrected chi connectivity index (χ3v) is 3.91. The van der Waals surface area contributed by atoms with Crippen molar-refractivity contribution in [3.63, 3.8) is 0 Å². The molecule has 2 atom stereocenters. The fourth-order valence-corrected chi connectivity index (χ4v) is 2.73. The number of aliphatic hydroxyl groups is 1. The lowest BCUT2D eigenvalue weighted by Crippen LogP contribution is -2.49. The van der Waals surface area contributed by atoms with Gasteiger partial charge in [-0.15, -0.1) is 0 Å². The maximum absolute atomic E-state index is 12.3. The fourth-order valence-electron chi connectivity index (χ4n) is 2.73. The van der Waals surface area contributed by atoms with Crippen LogP contribution in [0.25, 0.3) is 0 Å². The maximum Gasteiger partial charge on any atom is 0.387 e. The van der Waals surface area contributed by atoms with E-state index in [9.17, 15) is 18.7 Å². The second-order valence-corrected chi connectivity index (χ2v) is 5.59. The first-order chi connectivity index (χ1) is 11.1. The van der Waals surface area contributed by atoms with Crippen LogP contribution >= 0.6 is 0 Å². The Balaban J connectivity index is 1.77. The van der Waals surface area contributed by atoms with E-state index in [-0.39, 0.29) is 24.4 Å². The highest BCUT2D eigenvalue weighted by Gasteiger charge is 2.24. The molecule has 1 saturated carbocycles. The van der Waals surface area contributed by atoms with Crippen LogP contribution in [0.5, 0.6) is 5.75 Å². The second-order valence-electron chi connectivity index (χ2n) is 5.59. The standard InChI is InChI=1S/C16H22F2N2O3/c17-15(18)23-14-8-4-1-5-11(14)9-10-19-16(22)20-12-6-2-3-7-13(12)21/h1,4-5,8,12-13,15,21H,2-3,6-7,9-10H2,(H2,19,20,22)/t12-,13-/m1/s1. The molecule has 0 aliphatic heterocycles. The molecule has 0 spiro atoms. The van der Waals surface area contributed by atoms with Crippen molar-refractivity contribution in [1.82, 2.24) is 10.6 Å². The summed E-state index contributed by atoms with van der Waals surface area (Å²) in [6.07, 6.45) is 3.30. The maximum atomic E-state index is 12.3. The summed E-state index contributed by atoms with van der Waals surface area (Å²) in [6, 6.07) is 5.92. The lowest BCUT2D eigenvalue weighted by molar-refractivity contribution is -0.0504. The molecule has 0 saturated heterocycles. The molecule has 5 nitrogen and oxygen atoms in total. The molecule has 128 valence electrons. The minimum absolute atomic E-state index is 0.118. The van der Waals surface area contributed by atoms with Gasteiger partial charge >= 0.3 is 12.6 Å². The van der Waals surface area contributed by atoms with Gasteiger partial charge in [0.05, 0.1) is 12.1 Å². The summed E-state index contributed by atoms with van der Waals surface area (Å²) >= 11 is 0. The molecule has 1 aliphatic carbocycles. The minimum atomic E-state index is -2.87. The minimum Gasteiger partial charge on any atom is -0.435 e. The predicted octanol–water partition coefficient (Wildman–Crippen LogP) is 2.43. The van der Waals surface area contributed by atoms with Gasteiger partial charge in [0.1, 0.15) is 5.75 Å². The van der Waals surface area contributed by atoms with E-state index in [1.54, 1.807) is 18.2 Å².